The maximum absolute atomic E-state index is 11.9. The summed E-state index contributed by atoms with van der Waals surface area (Å²) in [7, 11) is 0. The van der Waals surface area contributed by atoms with E-state index in [1.54, 1.807) is 6.92 Å². The third kappa shape index (κ3) is 3.27. The Bertz CT molecular complexity index is 414. The zero-order chi connectivity index (χ0) is 13.0. The van der Waals surface area contributed by atoms with Gasteiger partial charge in [0.15, 0.2) is 0 Å². The number of thioether (sulfide) groups is 1. The van der Waals surface area contributed by atoms with Crippen LogP contribution in [-0.2, 0) is 4.79 Å². The van der Waals surface area contributed by atoms with Gasteiger partial charge in [0.1, 0.15) is 0 Å². The fraction of sp³-hybridized carbons (Fsp3) is 0.500. The number of hydrogen-bond donors (Lipinski definition) is 1. The van der Waals surface area contributed by atoms with Crippen molar-refractivity contribution in [2.75, 3.05) is 18.8 Å². The van der Waals surface area contributed by atoms with Crippen LogP contribution in [0.3, 0.4) is 0 Å². The maximum Gasteiger partial charge on any atom is 0.232 e. The average Bonchev–Trinajstić information content (AvgIpc) is 2.90. The first kappa shape index (κ1) is 13.4. The lowest BCUT2D eigenvalue weighted by Crippen LogP contribution is -2.29. The standard InChI is InChI=1S/C14H19NO2S/c1-11(16)12-6-2-3-7-13(12)18-10-14(17)15-8-4-5-9-15/h2-3,6-7,11,16H,4-5,8-10H2,1H3. The van der Waals surface area contributed by atoms with Crippen molar-refractivity contribution in [1.82, 2.24) is 4.90 Å². The smallest absolute Gasteiger partial charge is 0.232 e. The molecule has 1 amide bonds. The largest absolute Gasteiger partial charge is 0.389 e. The Labute approximate surface area is 112 Å². The lowest BCUT2D eigenvalue weighted by atomic mass is 10.1. The molecule has 1 aliphatic rings. The van der Waals surface area contributed by atoms with Crippen molar-refractivity contribution in [2.45, 2.75) is 30.8 Å². The topological polar surface area (TPSA) is 40.5 Å². The van der Waals surface area contributed by atoms with Crippen LogP contribution in [0.4, 0.5) is 0 Å². The molecule has 4 heteroatoms. The van der Waals surface area contributed by atoms with E-state index in [-0.39, 0.29) is 5.91 Å². The Morgan fingerprint density at radius 2 is 2.06 bits per heavy atom. The van der Waals surface area contributed by atoms with E-state index in [1.165, 1.54) is 11.8 Å². The van der Waals surface area contributed by atoms with Crippen LogP contribution in [0.5, 0.6) is 0 Å². The number of hydrogen-bond acceptors (Lipinski definition) is 3. The monoisotopic (exact) mass is 265 g/mol. The molecular formula is C14H19NO2S. The predicted octanol–water partition coefficient (Wildman–Crippen LogP) is 2.45. The van der Waals surface area contributed by atoms with Crippen LogP contribution in [0.1, 0.15) is 31.4 Å². The van der Waals surface area contributed by atoms with Gasteiger partial charge in [-0.1, -0.05) is 18.2 Å². The highest BCUT2D eigenvalue weighted by Crippen LogP contribution is 2.27. The lowest BCUT2D eigenvalue weighted by molar-refractivity contribution is -0.127. The molecule has 3 nitrogen and oxygen atoms in total. The molecule has 0 bridgehead atoms. The summed E-state index contributed by atoms with van der Waals surface area (Å²) in [5, 5.41) is 9.67. The van der Waals surface area contributed by atoms with E-state index in [4.69, 9.17) is 0 Å². The maximum atomic E-state index is 11.9. The van der Waals surface area contributed by atoms with Gasteiger partial charge in [-0.25, -0.2) is 0 Å². The molecular weight excluding hydrogens is 246 g/mol. The molecule has 1 heterocycles. The van der Waals surface area contributed by atoms with Crippen LogP contribution >= 0.6 is 11.8 Å². The predicted molar refractivity (Wildman–Crippen MR) is 73.6 cm³/mol. The molecule has 1 atom stereocenters. The lowest BCUT2D eigenvalue weighted by Gasteiger charge is -2.16. The molecule has 0 aliphatic carbocycles. The van der Waals surface area contributed by atoms with Crippen LogP contribution in [0.25, 0.3) is 0 Å². The zero-order valence-corrected chi connectivity index (χ0v) is 11.4. The van der Waals surface area contributed by atoms with Crippen LogP contribution in [-0.4, -0.2) is 34.8 Å². The molecule has 1 unspecified atom stereocenters. The van der Waals surface area contributed by atoms with Crippen LogP contribution in [0, 0.1) is 0 Å². The second-order valence-corrected chi connectivity index (χ2v) is 5.61. The number of carbonyl (C=O) groups excluding carboxylic acids is 1. The van der Waals surface area contributed by atoms with Gasteiger partial charge in [-0.3, -0.25) is 4.79 Å². The van der Waals surface area contributed by atoms with E-state index in [0.717, 1.165) is 36.4 Å². The van der Waals surface area contributed by atoms with E-state index in [0.29, 0.717) is 5.75 Å². The highest BCUT2D eigenvalue weighted by molar-refractivity contribution is 8.00. The Kier molecular flexibility index (Phi) is 4.66. The number of nitrogens with zero attached hydrogens (tertiary/aromatic N) is 1. The molecule has 2 rings (SSSR count). The van der Waals surface area contributed by atoms with Gasteiger partial charge in [0.05, 0.1) is 11.9 Å². The first-order valence-corrected chi connectivity index (χ1v) is 7.34. The SMILES string of the molecule is CC(O)c1ccccc1SCC(=O)N1CCCC1. The number of benzene rings is 1. The molecule has 1 fully saturated rings. The number of aliphatic hydroxyl groups excluding tert-OH is 1. The Morgan fingerprint density at radius 1 is 1.39 bits per heavy atom. The van der Waals surface area contributed by atoms with E-state index in [9.17, 15) is 9.90 Å². The minimum Gasteiger partial charge on any atom is -0.389 e. The van der Waals surface area contributed by atoms with Crippen LogP contribution in [0.2, 0.25) is 0 Å². The zero-order valence-electron chi connectivity index (χ0n) is 10.6. The summed E-state index contributed by atoms with van der Waals surface area (Å²) < 4.78 is 0. The van der Waals surface area contributed by atoms with Crippen molar-refractivity contribution in [2.24, 2.45) is 0 Å². The normalized spacial score (nSPS) is 16.9. The molecule has 1 aromatic rings. The van der Waals surface area contributed by atoms with Gasteiger partial charge in [-0.2, -0.15) is 0 Å². The Balaban J connectivity index is 1.95. The van der Waals surface area contributed by atoms with Crippen molar-refractivity contribution in [3.63, 3.8) is 0 Å². The number of aliphatic hydroxyl groups is 1. The molecule has 0 radical (unpaired) electrons. The molecule has 98 valence electrons. The van der Waals surface area contributed by atoms with Crippen LogP contribution in [0.15, 0.2) is 29.2 Å². The van der Waals surface area contributed by atoms with Gasteiger partial charge in [-0.15, -0.1) is 11.8 Å². The molecule has 0 saturated carbocycles. The van der Waals surface area contributed by atoms with Gasteiger partial charge < -0.3 is 10.0 Å². The minimum atomic E-state index is -0.490. The van der Waals surface area contributed by atoms with Crippen molar-refractivity contribution in [3.05, 3.63) is 29.8 Å². The molecule has 1 aliphatic heterocycles. The van der Waals surface area contributed by atoms with Gasteiger partial charge in [0.2, 0.25) is 5.91 Å². The molecule has 0 aromatic heterocycles. The second-order valence-electron chi connectivity index (χ2n) is 4.59. The number of amides is 1. The summed E-state index contributed by atoms with van der Waals surface area (Å²) in [6.45, 7) is 3.55. The van der Waals surface area contributed by atoms with E-state index < -0.39 is 6.10 Å². The first-order chi connectivity index (χ1) is 8.68. The third-order valence-electron chi connectivity index (χ3n) is 3.18. The number of likely N-dealkylation sites (tertiary alicyclic amines) is 1. The van der Waals surface area contributed by atoms with Crippen molar-refractivity contribution in [1.29, 1.82) is 0 Å². The summed E-state index contributed by atoms with van der Waals surface area (Å²) in [5.74, 6) is 0.668. The van der Waals surface area contributed by atoms with Crippen molar-refractivity contribution in [3.8, 4) is 0 Å². The summed E-state index contributed by atoms with van der Waals surface area (Å²) >= 11 is 1.52. The number of rotatable bonds is 4. The second kappa shape index (κ2) is 6.25. The summed E-state index contributed by atoms with van der Waals surface area (Å²) in [5.41, 5.74) is 0.900. The summed E-state index contributed by atoms with van der Waals surface area (Å²) in [4.78, 5) is 14.9. The highest BCUT2D eigenvalue weighted by Gasteiger charge is 2.18. The van der Waals surface area contributed by atoms with Gasteiger partial charge in [0, 0.05) is 18.0 Å². The van der Waals surface area contributed by atoms with Crippen molar-refractivity contribution >= 4 is 17.7 Å². The van der Waals surface area contributed by atoms with Gasteiger partial charge >= 0.3 is 0 Å². The van der Waals surface area contributed by atoms with Gasteiger partial charge in [0.25, 0.3) is 0 Å². The molecule has 1 aromatic carbocycles. The number of carbonyl (C=O) groups is 1. The summed E-state index contributed by atoms with van der Waals surface area (Å²) in [6.07, 6.45) is 1.76. The third-order valence-corrected chi connectivity index (χ3v) is 4.25. The van der Waals surface area contributed by atoms with E-state index in [1.807, 2.05) is 29.2 Å². The first-order valence-electron chi connectivity index (χ1n) is 6.36. The molecule has 0 spiro atoms. The molecule has 1 saturated heterocycles. The quantitative estimate of drug-likeness (QED) is 0.850. The van der Waals surface area contributed by atoms with E-state index in [2.05, 4.69) is 0 Å². The summed E-state index contributed by atoms with van der Waals surface area (Å²) in [6, 6.07) is 7.72. The fourth-order valence-corrected chi connectivity index (χ4v) is 3.20. The van der Waals surface area contributed by atoms with Crippen LogP contribution < -0.4 is 0 Å². The average molecular weight is 265 g/mol. The molecule has 1 N–H and O–H groups in total. The van der Waals surface area contributed by atoms with E-state index >= 15 is 0 Å². The van der Waals surface area contributed by atoms with Crippen molar-refractivity contribution < 1.29 is 9.90 Å². The Morgan fingerprint density at radius 3 is 2.72 bits per heavy atom. The minimum absolute atomic E-state index is 0.206. The van der Waals surface area contributed by atoms with Gasteiger partial charge in [-0.05, 0) is 31.4 Å². The fourth-order valence-electron chi connectivity index (χ4n) is 2.15. The Hall–Kier alpha value is -1.00. The molecule has 18 heavy (non-hydrogen) atoms. The highest BCUT2D eigenvalue weighted by atomic mass is 32.2.